The molecule has 14 nitrogen and oxygen atoms in total. The second-order valence-corrected chi connectivity index (χ2v) is 19.5. The van der Waals surface area contributed by atoms with Crippen molar-refractivity contribution in [1.29, 1.82) is 0 Å². The van der Waals surface area contributed by atoms with Crippen molar-refractivity contribution >= 4 is 44.7 Å². The van der Waals surface area contributed by atoms with E-state index in [1.807, 2.05) is 37.3 Å². The number of amides is 4. The molecule has 312 valence electrons. The summed E-state index contributed by atoms with van der Waals surface area (Å²) in [5.41, 5.74) is 0.292. The van der Waals surface area contributed by atoms with E-state index in [0.717, 1.165) is 60.7 Å². The normalized spacial score (nSPS) is 23.9. The van der Waals surface area contributed by atoms with E-state index in [1.54, 1.807) is 34.8 Å². The van der Waals surface area contributed by atoms with Crippen molar-refractivity contribution in [2.24, 2.45) is 5.92 Å². The van der Waals surface area contributed by atoms with Crippen LogP contribution in [0.3, 0.4) is 0 Å². The molecular formula is C42H59N5O9S. The molecule has 6 rings (SSSR count). The van der Waals surface area contributed by atoms with Gasteiger partial charge >= 0.3 is 6.09 Å². The number of sulfonamides is 1. The zero-order valence-corrected chi connectivity index (χ0v) is 35.2. The van der Waals surface area contributed by atoms with E-state index >= 15 is 0 Å². The smallest absolute Gasteiger partial charge is 0.408 e. The third kappa shape index (κ3) is 9.50. The second-order valence-electron chi connectivity index (χ2n) is 17.3. The quantitative estimate of drug-likeness (QED) is 0.135. The Bertz CT molecular complexity index is 2020. The number of unbranched alkanes of at least 4 members (excludes halogenated alkanes) is 3. The van der Waals surface area contributed by atoms with Crippen LogP contribution in [0.2, 0.25) is 0 Å². The first-order valence-electron chi connectivity index (χ1n) is 20.4. The van der Waals surface area contributed by atoms with Crippen molar-refractivity contribution in [2.75, 3.05) is 20.2 Å². The second kappa shape index (κ2) is 16.5. The van der Waals surface area contributed by atoms with Crippen molar-refractivity contribution in [3.63, 3.8) is 0 Å². The van der Waals surface area contributed by atoms with Crippen molar-refractivity contribution in [1.82, 2.24) is 25.2 Å². The highest BCUT2D eigenvalue weighted by molar-refractivity contribution is 7.91. The summed E-state index contributed by atoms with van der Waals surface area (Å²) < 4.78 is 45.3. The summed E-state index contributed by atoms with van der Waals surface area (Å²) in [6, 6.07) is 4.66. The Morgan fingerprint density at radius 1 is 1.09 bits per heavy atom. The minimum atomic E-state index is -3.99. The lowest BCUT2D eigenvalue weighted by atomic mass is 10.0. The lowest BCUT2D eigenvalue weighted by Gasteiger charge is -2.27. The number of allylic oxidation sites excluding steroid dienone is 1. The number of pyridine rings is 1. The van der Waals surface area contributed by atoms with Gasteiger partial charge in [-0.25, -0.2) is 18.2 Å². The van der Waals surface area contributed by atoms with Crippen LogP contribution in [0.15, 0.2) is 30.4 Å². The number of alkyl carbamates (subject to hydrolysis) is 1. The fourth-order valence-electron chi connectivity index (χ4n) is 7.54. The van der Waals surface area contributed by atoms with E-state index in [0.29, 0.717) is 30.8 Å². The van der Waals surface area contributed by atoms with Crippen LogP contribution in [0.1, 0.15) is 123 Å². The van der Waals surface area contributed by atoms with E-state index in [9.17, 15) is 27.6 Å². The molecule has 2 aromatic rings. The number of fused-ring (bicyclic) bond motifs is 1. The Hall–Kier alpha value is -4.40. The summed E-state index contributed by atoms with van der Waals surface area (Å²) in [5, 5.41) is 6.34. The first-order chi connectivity index (χ1) is 26.9. The zero-order valence-electron chi connectivity index (χ0n) is 34.4. The van der Waals surface area contributed by atoms with Crippen LogP contribution in [0.25, 0.3) is 10.9 Å². The molecule has 1 aromatic heterocycles. The number of aromatic nitrogens is 1. The molecular weight excluding hydrogens is 751 g/mol. The molecule has 3 saturated carbocycles. The number of hydrogen-bond acceptors (Lipinski definition) is 10. The lowest BCUT2D eigenvalue weighted by Crippen LogP contribution is -2.57. The highest BCUT2D eigenvalue weighted by atomic mass is 32.2. The number of benzene rings is 1. The number of carbonyl (C=O) groups is 4. The number of nitrogens with zero attached hydrogens (tertiary/aromatic N) is 2. The number of hydrogen-bond donors (Lipinski definition) is 3. The largest absolute Gasteiger partial charge is 0.497 e. The van der Waals surface area contributed by atoms with Gasteiger partial charge in [0, 0.05) is 35.3 Å². The van der Waals surface area contributed by atoms with Gasteiger partial charge in [-0.05, 0) is 91.2 Å². The monoisotopic (exact) mass is 809 g/mol. The molecule has 0 radical (unpaired) electrons. The fraction of sp³-hybridized carbons (Fsp3) is 0.643. The molecule has 4 aliphatic rings. The van der Waals surface area contributed by atoms with E-state index in [-0.39, 0.29) is 25.3 Å². The van der Waals surface area contributed by atoms with Gasteiger partial charge in [0.25, 0.3) is 5.91 Å². The van der Waals surface area contributed by atoms with E-state index in [1.165, 1.54) is 4.90 Å². The number of aryl methyl sites for hydroxylation is 1. The average molecular weight is 810 g/mol. The summed E-state index contributed by atoms with van der Waals surface area (Å²) in [7, 11) is -2.38. The van der Waals surface area contributed by atoms with Crippen LogP contribution in [0, 0.1) is 5.92 Å². The van der Waals surface area contributed by atoms with Gasteiger partial charge in [-0.15, -0.1) is 0 Å². The molecule has 3 aliphatic carbocycles. The topological polar surface area (TPSA) is 182 Å². The van der Waals surface area contributed by atoms with Crippen LogP contribution in [0.5, 0.6) is 11.5 Å². The maximum absolute atomic E-state index is 14.5. The van der Waals surface area contributed by atoms with Crippen molar-refractivity contribution in [2.45, 2.75) is 146 Å². The van der Waals surface area contributed by atoms with Crippen LogP contribution in [-0.4, -0.2) is 90.3 Å². The van der Waals surface area contributed by atoms with E-state index in [2.05, 4.69) is 22.3 Å². The maximum atomic E-state index is 14.5. The number of nitrogens with one attached hydrogen (secondary N) is 3. The van der Waals surface area contributed by atoms with Crippen LogP contribution in [0.4, 0.5) is 4.79 Å². The molecule has 4 unspecified atom stereocenters. The number of ether oxygens (including phenoxy) is 3. The molecule has 0 bridgehead atoms. The van der Waals surface area contributed by atoms with Gasteiger partial charge in [0.1, 0.15) is 41.3 Å². The molecule has 4 fully saturated rings. The number of likely N-dealkylation sites (tertiary alicyclic amines) is 1. The Balaban J connectivity index is 1.28. The third-order valence-electron chi connectivity index (χ3n) is 11.5. The number of carbonyl (C=O) groups excluding carboxylic acids is 4. The number of methoxy groups -OCH3 is 1. The SMILES string of the molecule is CCCCCC=CC1CC1(NC(=O)C1CC(Oc2c(C3CC3)nc3cc(OC)ccc3c2CC)CN1C(=O)CNC(=O)OC(C)(C)C)C(=O)NS(=O)(=O)C1(C)CC1. The van der Waals surface area contributed by atoms with Gasteiger partial charge in [0.2, 0.25) is 21.8 Å². The van der Waals surface area contributed by atoms with Gasteiger partial charge in [0.05, 0.1) is 29.6 Å². The predicted octanol–water partition coefficient (Wildman–Crippen LogP) is 5.57. The number of rotatable bonds is 17. The van der Waals surface area contributed by atoms with Crippen LogP contribution >= 0.6 is 0 Å². The lowest BCUT2D eigenvalue weighted by molar-refractivity contribution is -0.139. The van der Waals surface area contributed by atoms with Crippen LogP contribution in [-0.2, 0) is 35.6 Å². The Labute approximate surface area is 336 Å². The van der Waals surface area contributed by atoms with Gasteiger partial charge in [0.15, 0.2) is 0 Å². The molecule has 2 heterocycles. The molecule has 1 aliphatic heterocycles. The zero-order chi connectivity index (χ0) is 41.3. The van der Waals surface area contributed by atoms with Crippen molar-refractivity contribution in [3.8, 4) is 11.5 Å². The Morgan fingerprint density at radius 2 is 1.82 bits per heavy atom. The van der Waals surface area contributed by atoms with Crippen LogP contribution < -0.4 is 24.8 Å². The molecule has 1 saturated heterocycles. The van der Waals surface area contributed by atoms with E-state index in [4.69, 9.17) is 19.2 Å². The molecule has 4 atom stereocenters. The first-order valence-corrected chi connectivity index (χ1v) is 21.9. The van der Waals surface area contributed by atoms with Gasteiger partial charge in [-0.1, -0.05) is 38.8 Å². The molecule has 57 heavy (non-hydrogen) atoms. The summed E-state index contributed by atoms with van der Waals surface area (Å²) in [4.78, 5) is 61.3. The van der Waals surface area contributed by atoms with Crippen molar-refractivity contribution < 1.29 is 41.8 Å². The van der Waals surface area contributed by atoms with Crippen molar-refractivity contribution in [3.05, 3.63) is 41.6 Å². The molecule has 0 spiro atoms. The molecule has 1 aromatic carbocycles. The van der Waals surface area contributed by atoms with E-state index < -0.39 is 74.3 Å². The standard InChI is InChI=1S/C42H59N5O9S/c1-8-10-11-12-13-14-27-23-42(27,38(50)46-57(52,53)41(6)19-20-41)45-37(49)33-22-29(25-47(33)34(48)24-43-39(51)56-40(3,4)5)55-36-30(9-2)31-18-17-28(54-7)21-32(31)44-35(36)26-15-16-26/h13-14,17-18,21,26-27,29,33H,8-12,15-16,19-20,22-25H2,1-7H3,(H,43,51)(H,45,49)(H,46,50). The molecule has 4 amide bonds. The minimum absolute atomic E-state index is 0.0213. The summed E-state index contributed by atoms with van der Waals surface area (Å²) >= 11 is 0. The highest BCUT2D eigenvalue weighted by Gasteiger charge is 2.63. The van der Waals surface area contributed by atoms with Gasteiger partial charge < -0.3 is 29.7 Å². The summed E-state index contributed by atoms with van der Waals surface area (Å²) in [6.45, 7) is 10.5. The molecule has 15 heteroatoms. The third-order valence-corrected chi connectivity index (χ3v) is 13.6. The van der Waals surface area contributed by atoms with Gasteiger partial charge in [-0.3, -0.25) is 19.1 Å². The molecule has 3 N–H and O–H groups in total. The minimum Gasteiger partial charge on any atom is -0.497 e. The maximum Gasteiger partial charge on any atom is 0.408 e. The average Bonchev–Trinajstić information content (AvgIpc) is 4.10. The van der Waals surface area contributed by atoms with Gasteiger partial charge in [-0.2, -0.15) is 0 Å². The first kappa shape index (κ1) is 42.2. The Kier molecular flexibility index (Phi) is 12.2. The fourth-order valence-corrected chi connectivity index (χ4v) is 8.85. The predicted molar refractivity (Wildman–Crippen MR) is 215 cm³/mol. The Morgan fingerprint density at radius 3 is 2.46 bits per heavy atom. The summed E-state index contributed by atoms with van der Waals surface area (Å²) in [5.74, 6) is -0.822. The summed E-state index contributed by atoms with van der Waals surface area (Å²) in [6.07, 6.45) is 10.1. The highest BCUT2D eigenvalue weighted by Crippen LogP contribution is 2.49.